The van der Waals surface area contributed by atoms with Gasteiger partial charge in [-0.15, -0.1) is 0 Å². The van der Waals surface area contributed by atoms with E-state index in [2.05, 4.69) is 5.32 Å². The van der Waals surface area contributed by atoms with Gasteiger partial charge in [0.1, 0.15) is 0 Å². The number of benzene rings is 2. The van der Waals surface area contributed by atoms with E-state index in [1.165, 1.54) is 6.07 Å². The molecule has 2 aromatic rings. The van der Waals surface area contributed by atoms with Crippen LogP contribution in [0.5, 0.6) is 0 Å². The fourth-order valence-corrected chi connectivity index (χ4v) is 2.45. The summed E-state index contributed by atoms with van der Waals surface area (Å²) in [4.78, 5) is 0. The second-order valence-corrected chi connectivity index (χ2v) is 4.89. The van der Waals surface area contributed by atoms with Crippen molar-refractivity contribution in [3.63, 3.8) is 0 Å². The van der Waals surface area contributed by atoms with E-state index in [4.69, 9.17) is 11.6 Å². The molecule has 0 amide bonds. The third-order valence-corrected chi connectivity index (χ3v) is 3.18. The number of rotatable bonds is 3. The van der Waals surface area contributed by atoms with Crippen molar-refractivity contribution in [2.24, 2.45) is 0 Å². The molecule has 1 nitrogen and oxygen atoms in total. The van der Waals surface area contributed by atoms with E-state index in [1.54, 1.807) is 13.1 Å². The van der Waals surface area contributed by atoms with Gasteiger partial charge in [0.05, 0.1) is 6.04 Å². The van der Waals surface area contributed by atoms with Crippen LogP contribution in [0.1, 0.15) is 22.7 Å². The smallest absolute Gasteiger partial charge is 0.159 e. The molecular weight excluding hydrogens is 268 g/mol. The van der Waals surface area contributed by atoms with Gasteiger partial charge in [-0.25, -0.2) is 8.78 Å². The molecule has 2 rings (SSSR count). The molecule has 2 aromatic carbocycles. The molecule has 0 aliphatic heterocycles. The molecule has 19 heavy (non-hydrogen) atoms. The van der Waals surface area contributed by atoms with Crippen molar-refractivity contribution in [2.45, 2.75) is 13.0 Å². The van der Waals surface area contributed by atoms with Crippen LogP contribution in [0.4, 0.5) is 8.78 Å². The number of hydrogen-bond donors (Lipinski definition) is 1. The van der Waals surface area contributed by atoms with Crippen LogP contribution in [0.25, 0.3) is 0 Å². The molecule has 1 atom stereocenters. The first-order chi connectivity index (χ1) is 9.01. The predicted molar refractivity (Wildman–Crippen MR) is 73.4 cm³/mol. The molecule has 0 aromatic heterocycles. The van der Waals surface area contributed by atoms with Crippen molar-refractivity contribution in [1.29, 1.82) is 0 Å². The van der Waals surface area contributed by atoms with E-state index in [-0.39, 0.29) is 6.04 Å². The van der Waals surface area contributed by atoms with Crippen LogP contribution in [0.15, 0.2) is 36.4 Å². The molecule has 100 valence electrons. The van der Waals surface area contributed by atoms with E-state index in [0.29, 0.717) is 10.6 Å². The first kappa shape index (κ1) is 14.0. The summed E-state index contributed by atoms with van der Waals surface area (Å²) in [5, 5.41) is 3.71. The molecule has 1 N–H and O–H groups in total. The van der Waals surface area contributed by atoms with Crippen LogP contribution in [0, 0.1) is 18.6 Å². The zero-order valence-corrected chi connectivity index (χ0v) is 11.4. The summed E-state index contributed by atoms with van der Waals surface area (Å²) in [6.07, 6.45) is 0. The van der Waals surface area contributed by atoms with Crippen LogP contribution in [0.3, 0.4) is 0 Å². The van der Waals surface area contributed by atoms with Crippen molar-refractivity contribution in [1.82, 2.24) is 5.32 Å². The predicted octanol–water partition coefficient (Wildman–Crippen LogP) is 4.24. The van der Waals surface area contributed by atoms with Crippen LogP contribution >= 0.6 is 11.6 Å². The number of hydrogen-bond acceptors (Lipinski definition) is 1. The van der Waals surface area contributed by atoms with E-state index in [0.717, 1.165) is 17.2 Å². The third-order valence-electron chi connectivity index (χ3n) is 2.96. The largest absolute Gasteiger partial charge is 0.309 e. The van der Waals surface area contributed by atoms with Gasteiger partial charge in [-0.3, -0.25) is 0 Å². The summed E-state index contributed by atoms with van der Waals surface area (Å²) in [6, 6.07) is 9.30. The minimum absolute atomic E-state index is 0.229. The average Bonchev–Trinajstić information content (AvgIpc) is 2.33. The lowest BCUT2D eigenvalue weighted by atomic mass is 9.97. The summed E-state index contributed by atoms with van der Waals surface area (Å²) in [5.74, 6) is -1.70. The topological polar surface area (TPSA) is 12.0 Å². The Morgan fingerprint density at radius 3 is 2.32 bits per heavy atom. The Bertz CT molecular complexity index is 578. The fourth-order valence-electron chi connectivity index (χ4n) is 2.15. The minimum atomic E-state index is -0.850. The van der Waals surface area contributed by atoms with Crippen molar-refractivity contribution in [2.75, 3.05) is 7.05 Å². The van der Waals surface area contributed by atoms with Crippen molar-refractivity contribution < 1.29 is 8.78 Å². The third kappa shape index (κ3) is 3.11. The Morgan fingerprint density at radius 1 is 1.00 bits per heavy atom. The molecular formula is C15H14ClF2N. The van der Waals surface area contributed by atoms with E-state index in [1.807, 2.05) is 25.1 Å². The molecule has 1 unspecified atom stereocenters. The van der Waals surface area contributed by atoms with E-state index < -0.39 is 11.6 Å². The Balaban J connectivity index is 2.46. The summed E-state index contributed by atoms with van der Waals surface area (Å²) in [5.41, 5.74) is 2.59. The van der Waals surface area contributed by atoms with Gasteiger partial charge in [-0.2, -0.15) is 0 Å². The van der Waals surface area contributed by atoms with Gasteiger partial charge in [0.2, 0.25) is 0 Å². The number of halogens is 3. The highest BCUT2D eigenvalue weighted by Gasteiger charge is 2.15. The first-order valence-electron chi connectivity index (χ1n) is 5.90. The Kier molecular flexibility index (Phi) is 4.17. The van der Waals surface area contributed by atoms with Crippen molar-refractivity contribution >= 4 is 11.6 Å². The van der Waals surface area contributed by atoms with E-state index in [9.17, 15) is 8.78 Å². The fraction of sp³-hybridized carbons (Fsp3) is 0.200. The second-order valence-electron chi connectivity index (χ2n) is 4.46. The van der Waals surface area contributed by atoms with Gasteiger partial charge in [0, 0.05) is 5.02 Å². The van der Waals surface area contributed by atoms with Gasteiger partial charge >= 0.3 is 0 Å². The molecule has 0 radical (unpaired) electrons. The lowest BCUT2D eigenvalue weighted by molar-refractivity contribution is 0.505. The van der Waals surface area contributed by atoms with Crippen molar-refractivity contribution in [3.05, 3.63) is 69.7 Å². The molecule has 4 heteroatoms. The highest BCUT2D eigenvalue weighted by atomic mass is 35.5. The maximum absolute atomic E-state index is 13.3. The second kappa shape index (κ2) is 5.68. The monoisotopic (exact) mass is 281 g/mol. The van der Waals surface area contributed by atoms with Gasteiger partial charge in [0.15, 0.2) is 11.6 Å². The van der Waals surface area contributed by atoms with Gasteiger partial charge in [0.25, 0.3) is 0 Å². The van der Waals surface area contributed by atoms with Crippen molar-refractivity contribution in [3.8, 4) is 0 Å². The number of aryl methyl sites for hydroxylation is 1. The van der Waals surface area contributed by atoms with Gasteiger partial charge in [-0.05, 0) is 54.9 Å². The normalized spacial score (nSPS) is 12.5. The maximum atomic E-state index is 13.3. The highest BCUT2D eigenvalue weighted by molar-refractivity contribution is 6.30. The molecule has 0 aliphatic rings. The quantitative estimate of drug-likeness (QED) is 0.887. The van der Waals surface area contributed by atoms with Crippen LogP contribution in [-0.4, -0.2) is 7.05 Å². The molecule has 0 fully saturated rings. The number of nitrogens with one attached hydrogen (secondary N) is 1. The molecule has 0 aliphatic carbocycles. The maximum Gasteiger partial charge on any atom is 0.159 e. The molecule has 0 saturated heterocycles. The van der Waals surface area contributed by atoms with Crippen LogP contribution in [-0.2, 0) is 0 Å². The molecule has 0 heterocycles. The van der Waals surface area contributed by atoms with Crippen LogP contribution < -0.4 is 5.32 Å². The summed E-state index contributed by atoms with van der Waals surface area (Å²) < 4.78 is 26.3. The lowest BCUT2D eigenvalue weighted by Crippen LogP contribution is -2.18. The Morgan fingerprint density at radius 2 is 1.74 bits per heavy atom. The molecule has 0 bridgehead atoms. The Labute approximate surface area is 116 Å². The standard InChI is InChI=1S/C15H14ClF2N/c1-9-5-11(7-12(16)6-9)15(19-2)10-3-4-13(17)14(18)8-10/h3-8,15,19H,1-2H3. The molecule has 0 saturated carbocycles. The Hall–Kier alpha value is -1.45. The minimum Gasteiger partial charge on any atom is -0.309 e. The van der Waals surface area contributed by atoms with Gasteiger partial charge in [-0.1, -0.05) is 23.7 Å². The summed E-state index contributed by atoms with van der Waals surface area (Å²) in [6.45, 7) is 1.94. The zero-order chi connectivity index (χ0) is 14.0. The lowest BCUT2D eigenvalue weighted by Gasteiger charge is -2.18. The SMILES string of the molecule is CNC(c1cc(C)cc(Cl)c1)c1ccc(F)c(F)c1. The summed E-state index contributed by atoms with van der Waals surface area (Å²) >= 11 is 6.03. The molecule has 0 spiro atoms. The highest BCUT2D eigenvalue weighted by Crippen LogP contribution is 2.26. The average molecular weight is 282 g/mol. The first-order valence-corrected chi connectivity index (χ1v) is 6.28. The summed E-state index contributed by atoms with van der Waals surface area (Å²) in [7, 11) is 1.77. The zero-order valence-electron chi connectivity index (χ0n) is 10.7. The van der Waals surface area contributed by atoms with Gasteiger partial charge < -0.3 is 5.32 Å². The van der Waals surface area contributed by atoms with Crippen LogP contribution in [0.2, 0.25) is 5.02 Å². The van der Waals surface area contributed by atoms with E-state index >= 15 is 0 Å².